The molecule has 0 bridgehead atoms. The molecule has 0 saturated heterocycles. The summed E-state index contributed by atoms with van der Waals surface area (Å²) in [5.41, 5.74) is 2.53. The highest BCUT2D eigenvalue weighted by atomic mass is 79.9. The van der Waals surface area contributed by atoms with Gasteiger partial charge in [0.05, 0.1) is 17.7 Å². The quantitative estimate of drug-likeness (QED) is 0.165. The van der Waals surface area contributed by atoms with Crippen LogP contribution < -0.4 is 20.1 Å². The number of hydrogen-bond acceptors (Lipinski definition) is 4. The highest BCUT2D eigenvalue weighted by molar-refractivity contribution is 9.10. The minimum atomic E-state index is -0.295. The molecule has 0 saturated carbocycles. The predicted molar refractivity (Wildman–Crippen MR) is 154 cm³/mol. The number of aryl methyl sites for hydroxylation is 1. The number of benzene rings is 3. The van der Waals surface area contributed by atoms with Crippen LogP contribution in [0.15, 0.2) is 77.3 Å². The van der Waals surface area contributed by atoms with Gasteiger partial charge in [-0.25, -0.2) is 0 Å². The van der Waals surface area contributed by atoms with Crippen LogP contribution in [0.1, 0.15) is 54.9 Å². The van der Waals surface area contributed by atoms with E-state index < -0.39 is 0 Å². The Hall–Kier alpha value is -2.90. The van der Waals surface area contributed by atoms with Gasteiger partial charge in [0, 0.05) is 17.3 Å². The molecular formula is C29H33BrN2O3S. The zero-order valence-corrected chi connectivity index (χ0v) is 23.0. The van der Waals surface area contributed by atoms with Crippen molar-refractivity contribution in [2.24, 2.45) is 0 Å². The minimum Gasteiger partial charge on any atom is -0.494 e. The van der Waals surface area contributed by atoms with Crippen LogP contribution in [0.5, 0.6) is 11.5 Å². The van der Waals surface area contributed by atoms with Crippen LogP contribution >= 0.6 is 28.1 Å². The first kappa shape index (κ1) is 27.7. The van der Waals surface area contributed by atoms with Gasteiger partial charge in [0.2, 0.25) is 0 Å². The standard InChI is InChI=1S/C29H33BrN2O3S/c1-2-3-4-8-18-35-27-17-16-23(20-26(27)30)28(33)32-29(36)31-24-14-9-15-25(21-24)34-19-10-13-22-11-6-5-7-12-22/h5-7,9,11-12,14-17,20-21H,2-4,8,10,13,18-19H2,1H3,(H2,31,32,33,36). The maximum Gasteiger partial charge on any atom is 0.257 e. The van der Waals surface area contributed by atoms with E-state index in [1.54, 1.807) is 18.2 Å². The molecule has 36 heavy (non-hydrogen) atoms. The Morgan fingerprint density at radius 3 is 2.47 bits per heavy atom. The molecule has 0 unspecified atom stereocenters. The molecule has 0 atom stereocenters. The monoisotopic (exact) mass is 568 g/mol. The van der Waals surface area contributed by atoms with E-state index in [2.05, 4.69) is 45.6 Å². The van der Waals surface area contributed by atoms with Gasteiger partial charge in [-0.05, 0) is 83.3 Å². The molecule has 3 rings (SSSR count). The van der Waals surface area contributed by atoms with Gasteiger partial charge in [-0.1, -0.05) is 62.6 Å². The third kappa shape index (κ3) is 9.63. The Labute approximate surface area is 227 Å². The molecular weight excluding hydrogens is 536 g/mol. The first-order chi connectivity index (χ1) is 17.5. The smallest absolute Gasteiger partial charge is 0.257 e. The molecule has 0 heterocycles. The average Bonchev–Trinajstić information content (AvgIpc) is 2.88. The maximum atomic E-state index is 12.7. The molecule has 0 radical (unpaired) electrons. The first-order valence-electron chi connectivity index (χ1n) is 12.4. The summed E-state index contributed by atoms with van der Waals surface area (Å²) in [7, 11) is 0. The Kier molecular flexibility index (Phi) is 11.7. The zero-order valence-electron chi connectivity index (χ0n) is 20.6. The van der Waals surface area contributed by atoms with Crippen LogP contribution in [-0.4, -0.2) is 24.2 Å². The van der Waals surface area contributed by atoms with Crippen molar-refractivity contribution < 1.29 is 14.3 Å². The summed E-state index contributed by atoms with van der Waals surface area (Å²) in [4.78, 5) is 12.7. The normalized spacial score (nSPS) is 10.5. The number of thiocarbonyl (C=S) groups is 1. The van der Waals surface area contributed by atoms with E-state index in [1.807, 2.05) is 42.5 Å². The van der Waals surface area contributed by atoms with Crippen LogP contribution in [0.4, 0.5) is 5.69 Å². The summed E-state index contributed by atoms with van der Waals surface area (Å²) in [5, 5.41) is 6.00. The molecule has 1 amide bonds. The number of halogens is 1. The number of unbranched alkanes of at least 4 members (excludes halogenated alkanes) is 3. The second-order valence-corrected chi connectivity index (χ2v) is 9.69. The second kappa shape index (κ2) is 15.3. The van der Waals surface area contributed by atoms with Gasteiger partial charge in [-0.2, -0.15) is 0 Å². The van der Waals surface area contributed by atoms with Crippen LogP contribution in [0.2, 0.25) is 0 Å². The van der Waals surface area contributed by atoms with E-state index in [0.29, 0.717) is 18.8 Å². The minimum absolute atomic E-state index is 0.216. The molecule has 3 aromatic carbocycles. The molecule has 7 heteroatoms. The van der Waals surface area contributed by atoms with Gasteiger partial charge in [-0.3, -0.25) is 10.1 Å². The largest absolute Gasteiger partial charge is 0.494 e. The van der Waals surface area contributed by atoms with Crippen molar-refractivity contribution in [2.45, 2.75) is 45.4 Å². The number of rotatable bonds is 13. The number of nitrogens with one attached hydrogen (secondary N) is 2. The highest BCUT2D eigenvalue weighted by Gasteiger charge is 2.11. The van der Waals surface area contributed by atoms with Crippen LogP contribution in [0.25, 0.3) is 0 Å². The number of hydrogen-bond donors (Lipinski definition) is 2. The lowest BCUT2D eigenvalue weighted by molar-refractivity contribution is 0.0977. The molecule has 3 aromatic rings. The molecule has 0 aromatic heterocycles. The number of carbonyl (C=O) groups excluding carboxylic acids is 1. The Balaban J connectivity index is 1.44. The predicted octanol–water partition coefficient (Wildman–Crippen LogP) is 7.55. The Morgan fingerprint density at radius 1 is 0.889 bits per heavy atom. The van der Waals surface area contributed by atoms with Crippen LogP contribution in [-0.2, 0) is 6.42 Å². The van der Waals surface area contributed by atoms with Crippen LogP contribution in [0.3, 0.4) is 0 Å². The third-order valence-corrected chi connectivity index (χ3v) is 6.31. The number of anilines is 1. The summed E-state index contributed by atoms with van der Waals surface area (Å²) < 4.78 is 12.4. The summed E-state index contributed by atoms with van der Waals surface area (Å²) >= 11 is 8.84. The van der Waals surface area contributed by atoms with Crippen molar-refractivity contribution in [1.29, 1.82) is 0 Å². The topological polar surface area (TPSA) is 59.6 Å². The first-order valence-corrected chi connectivity index (χ1v) is 13.6. The third-order valence-electron chi connectivity index (χ3n) is 5.49. The Bertz CT molecular complexity index is 1120. The number of amides is 1. The van der Waals surface area contributed by atoms with Gasteiger partial charge in [-0.15, -0.1) is 0 Å². The van der Waals surface area contributed by atoms with Crippen molar-refractivity contribution in [2.75, 3.05) is 18.5 Å². The molecule has 0 fully saturated rings. The summed E-state index contributed by atoms with van der Waals surface area (Å²) in [6.07, 6.45) is 6.47. The van der Waals surface area contributed by atoms with Crippen molar-refractivity contribution in [3.63, 3.8) is 0 Å². The number of ether oxygens (including phenoxy) is 2. The highest BCUT2D eigenvalue weighted by Crippen LogP contribution is 2.26. The van der Waals surface area contributed by atoms with E-state index in [0.717, 1.165) is 47.3 Å². The van der Waals surface area contributed by atoms with Gasteiger partial charge in [0.1, 0.15) is 11.5 Å². The fourth-order valence-corrected chi connectivity index (χ4v) is 4.29. The molecule has 0 aliphatic carbocycles. The Morgan fingerprint density at radius 2 is 1.69 bits per heavy atom. The van der Waals surface area contributed by atoms with E-state index in [1.165, 1.54) is 18.4 Å². The molecule has 190 valence electrons. The van der Waals surface area contributed by atoms with Crippen molar-refractivity contribution >= 4 is 44.9 Å². The summed E-state index contributed by atoms with van der Waals surface area (Å²) in [6, 6.07) is 23.2. The number of carbonyl (C=O) groups is 1. The zero-order chi connectivity index (χ0) is 25.6. The summed E-state index contributed by atoms with van der Waals surface area (Å²) in [6.45, 7) is 3.46. The van der Waals surface area contributed by atoms with Crippen molar-refractivity contribution in [3.8, 4) is 11.5 Å². The molecule has 0 spiro atoms. The second-order valence-electron chi connectivity index (χ2n) is 8.43. The SMILES string of the molecule is CCCCCCOc1ccc(C(=O)NC(=S)Nc2cccc(OCCCc3ccccc3)c2)cc1Br. The van der Waals surface area contributed by atoms with E-state index in [-0.39, 0.29) is 11.0 Å². The lowest BCUT2D eigenvalue weighted by atomic mass is 10.1. The molecule has 2 N–H and O–H groups in total. The molecule has 0 aliphatic rings. The van der Waals surface area contributed by atoms with Gasteiger partial charge in [0.15, 0.2) is 5.11 Å². The molecule has 0 aliphatic heterocycles. The lowest BCUT2D eigenvalue weighted by Crippen LogP contribution is -2.34. The van der Waals surface area contributed by atoms with Crippen molar-refractivity contribution in [1.82, 2.24) is 5.32 Å². The fourth-order valence-electron chi connectivity index (χ4n) is 3.58. The van der Waals surface area contributed by atoms with E-state index >= 15 is 0 Å². The fraction of sp³-hybridized carbons (Fsp3) is 0.310. The van der Waals surface area contributed by atoms with Gasteiger partial charge >= 0.3 is 0 Å². The lowest BCUT2D eigenvalue weighted by Gasteiger charge is -2.13. The van der Waals surface area contributed by atoms with Crippen molar-refractivity contribution in [3.05, 3.63) is 88.4 Å². The maximum absolute atomic E-state index is 12.7. The van der Waals surface area contributed by atoms with Crippen LogP contribution in [0, 0.1) is 0 Å². The van der Waals surface area contributed by atoms with E-state index in [9.17, 15) is 4.79 Å². The summed E-state index contributed by atoms with van der Waals surface area (Å²) in [5.74, 6) is 1.18. The van der Waals surface area contributed by atoms with Gasteiger partial charge < -0.3 is 14.8 Å². The van der Waals surface area contributed by atoms with E-state index in [4.69, 9.17) is 21.7 Å². The average molecular weight is 570 g/mol. The van der Waals surface area contributed by atoms with Gasteiger partial charge in [0.25, 0.3) is 5.91 Å². The molecule has 5 nitrogen and oxygen atoms in total.